The zero-order valence-corrected chi connectivity index (χ0v) is 23.5. The number of aromatic amines is 1. The van der Waals surface area contributed by atoms with Crippen LogP contribution >= 0.6 is 0 Å². The van der Waals surface area contributed by atoms with Gasteiger partial charge in [-0.1, -0.05) is 0 Å². The number of hydrogen-bond donors (Lipinski definition) is 2. The predicted molar refractivity (Wildman–Crippen MR) is 160 cm³/mol. The molecule has 0 radical (unpaired) electrons. The summed E-state index contributed by atoms with van der Waals surface area (Å²) < 4.78 is 10.3. The van der Waals surface area contributed by atoms with Crippen LogP contribution in [0.25, 0.3) is 43.6 Å². The Labute approximate surface area is 232 Å². The third-order valence-electron chi connectivity index (χ3n) is 8.02. The first kappa shape index (κ1) is 26.1. The monoisotopic (exact) mass is 552 g/mol. The van der Waals surface area contributed by atoms with Gasteiger partial charge in [-0.05, 0) is 62.1 Å². The largest absolute Gasteiger partial charge is 0.504 e. The van der Waals surface area contributed by atoms with E-state index in [1.165, 1.54) is 16.7 Å². The van der Waals surface area contributed by atoms with Crippen LogP contribution in [0.5, 0.6) is 11.5 Å². The van der Waals surface area contributed by atoms with E-state index in [4.69, 9.17) is 4.74 Å². The summed E-state index contributed by atoms with van der Waals surface area (Å²) in [6.07, 6.45) is 0. The van der Waals surface area contributed by atoms with Crippen molar-refractivity contribution in [3.8, 4) is 11.5 Å². The zero-order valence-electron chi connectivity index (χ0n) is 23.5. The van der Waals surface area contributed by atoms with Crippen molar-refractivity contribution in [1.82, 2.24) is 18.7 Å². The zero-order chi connectivity index (χ0) is 29.5. The second-order valence-electron chi connectivity index (χ2n) is 10.7. The average molecular weight is 553 g/mol. The summed E-state index contributed by atoms with van der Waals surface area (Å²) in [4.78, 5) is 50.2. The Hall–Kier alpha value is -5.12. The maximum absolute atomic E-state index is 12.1. The normalized spacial score (nSPS) is 12.2. The van der Waals surface area contributed by atoms with Crippen LogP contribution in [-0.4, -0.2) is 23.8 Å². The number of nitrogens with zero attached hydrogens (tertiary/aromatic N) is 3. The Balaban J connectivity index is 0.000000148. The minimum Gasteiger partial charge on any atom is -0.504 e. The van der Waals surface area contributed by atoms with Crippen molar-refractivity contribution in [2.24, 2.45) is 14.1 Å². The van der Waals surface area contributed by atoms with Gasteiger partial charge >= 0.3 is 0 Å². The molecule has 4 aromatic heterocycles. The number of hydrogen-bond acceptors (Lipinski definition) is 6. The number of phenolic OH excluding ortho intramolecular Hbond substituents is 1. The molecular formula is C31H28N4O6. The van der Waals surface area contributed by atoms with Crippen molar-refractivity contribution in [3.05, 3.63) is 100 Å². The number of aromatic hydroxyl groups is 1. The molecule has 0 bridgehead atoms. The van der Waals surface area contributed by atoms with Crippen LogP contribution in [0.2, 0.25) is 0 Å². The third-order valence-corrected chi connectivity index (χ3v) is 8.02. The molecule has 10 heteroatoms. The molecule has 2 N–H and O–H groups in total. The fourth-order valence-corrected chi connectivity index (χ4v) is 5.79. The highest BCUT2D eigenvalue weighted by molar-refractivity contribution is 6.05. The molecular weight excluding hydrogens is 524 g/mol. The number of phenols is 1. The number of ether oxygens (including phenoxy) is 1. The van der Waals surface area contributed by atoms with Gasteiger partial charge in [-0.3, -0.25) is 23.7 Å². The van der Waals surface area contributed by atoms with Gasteiger partial charge in [-0.15, -0.1) is 0 Å². The Bertz CT molecular complexity index is 2370. The lowest BCUT2D eigenvalue weighted by Crippen LogP contribution is -2.18. The van der Waals surface area contributed by atoms with Gasteiger partial charge in [0.25, 0.3) is 16.7 Å². The van der Waals surface area contributed by atoms with Gasteiger partial charge in [0.15, 0.2) is 18.2 Å². The predicted octanol–water partition coefficient (Wildman–Crippen LogP) is 3.52. The van der Waals surface area contributed by atoms with Crippen molar-refractivity contribution in [1.29, 1.82) is 0 Å². The molecule has 0 spiro atoms. The molecule has 41 heavy (non-hydrogen) atoms. The van der Waals surface area contributed by atoms with Crippen LogP contribution < -0.4 is 27.0 Å². The first-order valence-corrected chi connectivity index (χ1v) is 13.0. The first-order chi connectivity index (χ1) is 19.4. The fraction of sp³-hybridized carbons (Fsp3) is 0.226. The molecule has 208 valence electrons. The van der Waals surface area contributed by atoms with Crippen LogP contribution in [0, 0.1) is 27.7 Å². The van der Waals surface area contributed by atoms with Crippen LogP contribution in [0.1, 0.15) is 22.3 Å². The van der Waals surface area contributed by atoms with E-state index in [1.807, 2.05) is 39.8 Å². The van der Waals surface area contributed by atoms with E-state index in [9.17, 15) is 24.3 Å². The summed E-state index contributed by atoms with van der Waals surface area (Å²) in [6, 6.07) is 10.2. The Morgan fingerprint density at radius 1 is 0.659 bits per heavy atom. The van der Waals surface area contributed by atoms with E-state index in [-0.39, 0.29) is 34.7 Å². The Kier molecular flexibility index (Phi) is 5.70. The van der Waals surface area contributed by atoms with E-state index in [0.29, 0.717) is 16.8 Å². The second-order valence-corrected chi connectivity index (χ2v) is 10.7. The molecule has 0 aliphatic carbocycles. The lowest BCUT2D eigenvalue weighted by atomic mass is 10.0. The summed E-state index contributed by atoms with van der Waals surface area (Å²) in [7, 11) is 3.33. The number of aryl methyl sites for hydroxylation is 6. The topological polar surface area (TPSA) is 128 Å². The van der Waals surface area contributed by atoms with Crippen molar-refractivity contribution in [2.45, 2.75) is 34.4 Å². The van der Waals surface area contributed by atoms with Crippen molar-refractivity contribution in [2.75, 3.05) is 0 Å². The van der Waals surface area contributed by atoms with Crippen molar-refractivity contribution < 1.29 is 9.84 Å². The number of nitrogens with one attached hydrogen (secondary N) is 1. The molecule has 0 atom stereocenters. The Morgan fingerprint density at radius 3 is 1.78 bits per heavy atom. The second kappa shape index (κ2) is 8.95. The molecule has 0 amide bonds. The van der Waals surface area contributed by atoms with Gasteiger partial charge in [0, 0.05) is 59.9 Å². The van der Waals surface area contributed by atoms with Crippen molar-refractivity contribution >= 4 is 43.6 Å². The van der Waals surface area contributed by atoms with E-state index in [0.717, 1.165) is 54.8 Å². The third kappa shape index (κ3) is 3.78. The molecule has 1 aliphatic heterocycles. The van der Waals surface area contributed by atoms with E-state index < -0.39 is 0 Å². The quantitative estimate of drug-likeness (QED) is 0.278. The molecule has 10 nitrogen and oxygen atoms in total. The van der Waals surface area contributed by atoms with Crippen LogP contribution in [0.3, 0.4) is 0 Å². The number of pyridine rings is 4. The lowest BCUT2D eigenvalue weighted by molar-refractivity contribution is 0.268. The number of H-pyrrole nitrogens is 1. The molecule has 6 aromatic rings. The summed E-state index contributed by atoms with van der Waals surface area (Å²) in [5.74, 6) is 0.563. The van der Waals surface area contributed by atoms with Crippen LogP contribution in [0.15, 0.2) is 55.6 Å². The fourth-order valence-electron chi connectivity index (χ4n) is 5.79. The summed E-state index contributed by atoms with van der Waals surface area (Å²) in [5, 5.41) is 14.0. The first-order valence-electron chi connectivity index (χ1n) is 13.0. The smallest absolute Gasteiger partial charge is 0.254 e. The van der Waals surface area contributed by atoms with Crippen molar-refractivity contribution in [3.63, 3.8) is 0 Å². The average Bonchev–Trinajstić information content (AvgIpc) is 3.36. The molecule has 2 aromatic carbocycles. The van der Waals surface area contributed by atoms with Gasteiger partial charge in [0.2, 0.25) is 5.56 Å². The van der Waals surface area contributed by atoms with E-state index >= 15 is 0 Å². The van der Waals surface area contributed by atoms with Crippen LogP contribution in [0.4, 0.5) is 0 Å². The molecule has 0 saturated heterocycles. The molecule has 0 saturated carbocycles. The lowest BCUT2D eigenvalue weighted by Gasteiger charge is -2.12. The summed E-state index contributed by atoms with van der Waals surface area (Å²) in [6.45, 7) is 7.69. The number of benzene rings is 2. The molecule has 1 aliphatic rings. The Morgan fingerprint density at radius 2 is 1.15 bits per heavy atom. The molecule has 0 unspecified atom stereocenters. The highest BCUT2D eigenvalue weighted by Gasteiger charge is 2.23. The summed E-state index contributed by atoms with van der Waals surface area (Å²) >= 11 is 0. The van der Waals surface area contributed by atoms with Gasteiger partial charge in [-0.25, -0.2) is 0 Å². The summed E-state index contributed by atoms with van der Waals surface area (Å²) in [5.41, 5.74) is 5.14. The maximum Gasteiger partial charge on any atom is 0.254 e. The van der Waals surface area contributed by atoms with Gasteiger partial charge in [0.05, 0.1) is 22.1 Å². The van der Waals surface area contributed by atoms with Gasteiger partial charge in [-0.2, -0.15) is 0 Å². The minimum absolute atomic E-state index is 0.0680. The minimum atomic E-state index is -0.276. The molecule has 0 fully saturated rings. The highest BCUT2D eigenvalue weighted by Crippen LogP contribution is 2.39. The van der Waals surface area contributed by atoms with Gasteiger partial charge < -0.3 is 24.0 Å². The van der Waals surface area contributed by atoms with E-state index in [1.54, 1.807) is 35.4 Å². The highest BCUT2D eigenvalue weighted by atomic mass is 16.5. The number of rotatable bonds is 0. The molecule has 5 heterocycles. The SMILES string of the molecule is Cc1cc(=O)[nH]c2c(O)c3c(cc12)c(C)cc(=O)n3C.Cc1cc(=O)n(C)c2c3c4c(cc12)c(C)cc(=O)n4CO3. The molecule has 7 rings (SSSR count). The number of fused-ring (bicyclic) bond motifs is 4. The maximum atomic E-state index is 12.1. The van der Waals surface area contributed by atoms with Gasteiger partial charge in [0.1, 0.15) is 0 Å². The standard InChI is InChI=1S/C16H14N2O3.C15H14N2O3/c1-8-4-12(19)17(3)14-10(8)6-11-9(2)5-13(20)18-7-21-16(14)15(11)18;1-7-4-11(18)16-13-9(7)6-10-8(2)5-12(19)17(3)14(10)15(13)20/h4-6H,7H2,1-3H3;4-6,20H,1-3H3,(H,16,18). The number of aromatic nitrogens is 4. The van der Waals surface area contributed by atoms with Crippen LogP contribution in [-0.2, 0) is 20.8 Å². The van der Waals surface area contributed by atoms with E-state index in [2.05, 4.69) is 4.98 Å².